The van der Waals surface area contributed by atoms with Gasteiger partial charge in [0.05, 0.1) is 26.2 Å². The molecule has 12 N–H and O–H groups in total. The molecule has 27 heteroatoms. The lowest BCUT2D eigenvalue weighted by Crippen LogP contribution is -2.51. The number of aliphatic hydroxyl groups excluding tert-OH is 1. The van der Waals surface area contributed by atoms with Gasteiger partial charge in [-0.05, 0) is 63.4 Å². The number of unbranched alkanes of at least 4 members (excludes halogenated alkanes) is 5. The molecular formula is C49H79N9O18. The van der Waals surface area contributed by atoms with Gasteiger partial charge in [-0.2, -0.15) is 0 Å². The van der Waals surface area contributed by atoms with Crippen LogP contribution in [0, 0.1) is 0 Å². The lowest BCUT2D eigenvalue weighted by atomic mass is 10.1. The Balaban J connectivity index is 1.81. The number of carboxylic acid groups (broad SMARTS) is 5. The summed E-state index contributed by atoms with van der Waals surface area (Å²) in [4.78, 5) is 129. The van der Waals surface area contributed by atoms with E-state index in [4.69, 9.17) is 14.9 Å². The van der Waals surface area contributed by atoms with Gasteiger partial charge in [-0.25, -0.2) is 19.2 Å². The molecule has 27 nitrogen and oxygen atoms in total. The first-order valence-electron chi connectivity index (χ1n) is 25.7. The summed E-state index contributed by atoms with van der Waals surface area (Å²) in [6.07, 6.45) is 2.06. The van der Waals surface area contributed by atoms with Crippen molar-refractivity contribution in [3.63, 3.8) is 0 Å². The van der Waals surface area contributed by atoms with E-state index in [1.54, 1.807) is 39.0 Å². The molecule has 1 saturated heterocycles. The zero-order valence-corrected chi connectivity index (χ0v) is 43.1. The number of ether oxygens (including phenoxy) is 1. The van der Waals surface area contributed by atoms with Crippen LogP contribution in [0.15, 0.2) is 30.3 Å². The molecule has 0 bridgehead atoms. The summed E-state index contributed by atoms with van der Waals surface area (Å²) < 4.78 is 5.55. The van der Waals surface area contributed by atoms with Crippen LogP contribution in [0.25, 0.3) is 0 Å². The molecule has 1 aliphatic rings. The van der Waals surface area contributed by atoms with E-state index in [1.165, 1.54) is 0 Å². The van der Waals surface area contributed by atoms with Crippen LogP contribution in [0.4, 0.5) is 4.79 Å². The number of nitrogens with zero attached hydrogens (tertiary/aromatic N) is 4. The Bertz CT molecular complexity index is 1950. The molecular weight excluding hydrogens is 1000 g/mol. The SMILES string of the molecule is O=C(O)CN1CCN(CC(=O)O)CCN(CC(=O)NCCCCC(NC(=O)CCCCCCC(=O)NCCCC[C@H](NC(=O)N[C@@H](CCC(O)O)C(=O)O)C(=O)O)C(=O)OCc2ccccc2)CCN(CC(=O)O)CC1. The van der Waals surface area contributed by atoms with Gasteiger partial charge >= 0.3 is 41.8 Å². The van der Waals surface area contributed by atoms with E-state index in [2.05, 4.69) is 26.6 Å². The smallest absolute Gasteiger partial charge is 0.328 e. The average Bonchev–Trinajstić information content (AvgIpc) is 3.34. The van der Waals surface area contributed by atoms with Crippen LogP contribution in [0.1, 0.15) is 95.5 Å². The van der Waals surface area contributed by atoms with Gasteiger partial charge in [-0.15, -0.1) is 0 Å². The second-order valence-corrected chi connectivity index (χ2v) is 18.6. The number of aliphatic hydroxyl groups is 2. The molecule has 0 aromatic heterocycles. The van der Waals surface area contributed by atoms with E-state index >= 15 is 0 Å². The average molecular weight is 1080 g/mol. The van der Waals surface area contributed by atoms with Crippen molar-refractivity contribution in [2.75, 3.05) is 91.6 Å². The minimum absolute atomic E-state index is 0.0000664. The third-order valence-corrected chi connectivity index (χ3v) is 12.2. The zero-order valence-electron chi connectivity index (χ0n) is 43.1. The van der Waals surface area contributed by atoms with Crippen molar-refractivity contribution >= 4 is 59.6 Å². The summed E-state index contributed by atoms with van der Waals surface area (Å²) in [5.74, 6) is -7.46. The molecule has 5 amide bonds. The third kappa shape index (κ3) is 32.0. The van der Waals surface area contributed by atoms with Crippen LogP contribution in [-0.4, -0.2) is 231 Å². The van der Waals surface area contributed by atoms with Crippen molar-refractivity contribution in [3.8, 4) is 0 Å². The monoisotopic (exact) mass is 1080 g/mol. The lowest BCUT2D eigenvalue weighted by molar-refractivity contribution is -0.149. The van der Waals surface area contributed by atoms with Crippen LogP contribution in [-0.2, 0) is 54.5 Å². The first-order chi connectivity index (χ1) is 36.2. The molecule has 0 saturated carbocycles. The van der Waals surface area contributed by atoms with Crippen LogP contribution in [0.2, 0.25) is 0 Å². The third-order valence-electron chi connectivity index (χ3n) is 12.2. The highest BCUT2D eigenvalue weighted by molar-refractivity contribution is 5.86. The van der Waals surface area contributed by atoms with Gasteiger partial charge in [0.15, 0.2) is 6.29 Å². The number of hydrogen-bond acceptors (Lipinski definition) is 17. The minimum atomic E-state index is -1.78. The molecule has 0 aliphatic carbocycles. The molecule has 0 spiro atoms. The summed E-state index contributed by atoms with van der Waals surface area (Å²) in [5, 5.41) is 77.8. The van der Waals surface area contributed by atoms with Gasteiger partial charge in [0.1, 0.15) is 24.7 Å². The van der Waals surface area contributed by atoms with Crippen LogP contribution in [0.5, 0.6) is 0 Å². The molecule has 1 aromatic carbocycles. The van der Waals surface area contributed by atoms with Gasteiger partial charge in [0, 0.05) is 84.7 Å². The number of benzene rings is 1. The van der Waals surface area contributed by atoms with Gasteiger partial charge in [0.2, 0.25) is 17.7 Å². The molecule has 1 aliphatic heterocycles. The van der Waals surface area contributed by atoms with E-state index in [1.807, 2.05) is 11.0 Å². The molecule has 1 unspecified atom stereocenters. The molecule has 2 rings (SSSR count). The summed E-state index contributed by atoms with van der Waals surface area (Å²) in [6, 6.07) is 4.23. The van der Waals surface area contributed by atoms with Crippen molar-refractivity contribution in [1.82, 2.24) is 46.2 Å². The highest BCUT2D eigenvalue weighted by Gasteiger charge is 2.26. The van der Waals surface area contributed by atoms with Crippen molar-refractivity contribution in [2.45, 2.75) is 121 Å². The largest absolute Gasteiger partial charge is 0.480 e. The summed E-state index contributed by atoms with van der Waals surface area (Å²) in [6.45, 7) is 1.62. The quantitative estimate of drug-likeness (QED) is 0.0216. The zero-order chi connectivity index (χ0) is 56.3. The Morgan fingerprint density at radius 1 is 0.461 bits per heavy atom. The predicted octanol–water partition coefficient (Wildman–Crippen LogP) is -1.10. The maximum absolute atomic E-state index is 13.3. The number of amides is 5. The minimum Gasteiger partial charge on any atom is -0.480 e. The Morgan fingerprint density at radius 3 is 1.33 bits per heavy atom. The van der Waals surface area contributed by atoms with E-state index in [-0.39, 0.29) is 154 Å². The summed E-state index contributed by atoms with van der Waals surface area (Å²) >= 11 is 0. The molecule has 1 aromatic rings. The van der Waals surface area contributed by atoms with Gasteiger partial charge in [-0.3, -0.25) is 48.4 Å². The Hall–Kier alpha value is -6.52. The standard InChI is InChI=1S/C49H79N9O18/c59-39(50-20-10-8-14-36(46(70)71)53-49(75)54-37(47(72)73)18-19-42(62)63)16-6-1-2-7-17-40(60)52-38(48(74)76-34-35-12-4-3-5-13-35)15-9-11-21-51-41(61)30-55-22-24-56(31-43(64)65)26-28-58(33-45(68)69)29-27-57(25-23-55)32-44(66)67/h3-5,12-13,36-38,42,62-63H,1-2,6-11,14-34H2,(H,50,59)(H,51,61)(H,52,60)(H,64,65)(H,66,67)(H,68,69)(H,70,71)(H,72,73)(H2,53,54,75)/t36-,37-,38?/m0/s1. The van der Waals surface area contributed by atoms with Gasteiger partial charge in [-0.1, -0.05) is 43.2 Å². The van der Waals surface area contributed by atoms with E-state index in [0.717, 1.165) is 5.56 Å². The number of urea groups is 1. The van der Waals surface area contributed by atoms with Crippen LogP contribution >= 0.6 is 0 Å². The van der Waals surface area contributed by atoms with Gasteiger partial charge in [0.25, 0.3) is 0 Å². The predicted molar refractivity (Wildman–Crippen MR) is 270 cm³/mol. The number of carbonyl (C=O) groups excluding carboxylic acids is 5. The molecule has 1 fully saturated rings. The normalized spacial score (nSPS) is 15.4. The number of nitrogens with one attached hydrogen (secondary N) is 5. The number of rotatable bonds is 36. The highest BCUT2D eigenvalue weighted by atomic mass is 16.5. The number of carbonyl (C=O) groups is 10. The van der Waals surface area contributed by atoms with Crippen molar-refractivity contribution < 1.29 is 88.4 Å². The van der Waals surface area contributed by atoms with Crippen molar-refractivity contribution in [2.24, 2.45) is 0 Å². The molecule has 76 heavy (non-hydrogen) atoms. The Kier molecular flexibility index (Phi) is 32.9. The van der Waals surface area contributed by atoms with E-state index < -0.39 is 66.3 Å². The maximum atomic E-state index is 13.3. The van der Waals surface area contributed by atoms with Crippen molar-refractivity contribution in [3.05, 3.63) is 35.9 Å². The second kappa shape index (κ2) is 38.1. The van der Waals surface area contributed by atoms with E-state index in [9.17, 15) is 73.5 Å². The number of carboxylic acids is 5. The number of esters is 1. The van der Waals surface area contributed by atoms with Gasteiger partial charge < -0.3 is 67.1 Å². The number of hydrogen-bond donors (Lipinski definition) is 12. The molecule has 1 heterocycles. The van der Waals surface area contributed by atoms with Crippen LogP contribution in [0.3, 0.4) is 0 Å². The van der Waals surface area contributed by atoms with E-state index in [0.29, 0.717) is 51.4 Å². The van der Waals surface area contributed by atoms with Crippen LogP contribution < -0.4 is 26.6 Å². The molecule has 428 valence electrons. The fourth-order valence-corrected chi connectivity index (χ4v) is 7.99. The first-order valence-corrected chi connectivity index (χ1v) is 25.7. The fraction of sp³-hybridized carbons (Fsp3) is 0.673. The molecule has 0 radical (unpaired) electrons. The lowest BCUT2D eigenvalue weighted by Gasteiger charge is -2.32. The van der Waals surface area contributed by atoms with Crippen molar-refractivity contribution in [1.29, 1.82) is 0 Å². The second-order valence-electron chi connectivity index (χ2n) is 18.6. The fourth-order valence-electron chi connectivity index (χ4n) is 7.99. The summed E-state index contributed by atoms with van der Waals surface area (Å²) in [7, 11) is 0. The summed E-state index contributed by atoms with van der Waals surface area (Å²) in [5.41, 5.74) is 0.761. The Morgan fingerprint density at radius 2 is 0.882 bits per heavy atom. The topological polar surface area (TPSA) is 395 Å². The highest BCUT2D eigenvalue weighted by Crippen LogP contribution is 2.11. The number of aliphatic carboxylic acids is 5. The molecule has 3 atom stereocenters. The first kappa shape index (κ1) is 65.6. The maximum Gasteiger partial charge on any atom is 0.328 e. The Labute approximate surface area is 441 Å².